The molecule has 1 atom stereocenters. The molecule has 1 saturated heterocycles. The highest BCUT2D eigenvalue weighted by Crippen LogP contribution is 2.30. The molecule has 0 spiro atoms. The Labute approximate surface area is 142 Å². The third-order valence-corrected chi connectivity index (χ3v) is 4.76. The van der Waals surface area contributed by atoms with Gasteiger partial charge in [0.05, 0.1) is 15.5 Å². The predicted molar refractivity (Wildman–Crippen MR) is 90.4 cm³/mol. The lowest BCUT2D eigenvalue weighted by molar-refractivity contribution is -0.141. The van der Waals surface area contributed by atoms with Crippen LogP contribution in [0.5, 0.6) is 0 Å². The number of rotatable bonds is 3. The van der Waals surface area contributed by atoms with Crippen LogP contribution in [0.3, 0.4) is 0 Å². The third kappa shape index (κ3) is 4.26. The molecule has 1 aliphatic rings. The summed E-state index contributed by atoms with van der Waals surface area (Å²) in [6.45, 7) is 4.23. The summed E-state index contributed by atoms with van der Waals surface area (Å²) >= 11 is 12.2. The van der Waals surface area contributed by atoms with Crippen molar-refractivity contribution in [2.75, 3.05) is 20.1 Å². The first kappa shape index (κ1) is 18.6. The topological polar surface area (TPSA) is 32.3 Å². The summed E-state index contributed by atoms with van der Waals surface area (Å²) in [7, 11) is 1.82. The molecule has 1 aliphatic heterocycles. The number of hydrogen-bond acceptors (Lipinski definition) is 2. The maximum Gasteiger partial charge on any atom is 0.229 e. The highest BCUT2D eigenvalue weighted by atomic mass is 35.5. The Morgan fingerprint density at radius 2 is 2.14 bits per heavy atom. The van der Waals surface area contributed by atoms with Crippen molar-refractivity contribution in [3.05, 3.63) is 33.8 Å². The van der Waals surface area contributed by atoms with Gasteiger partial charge in [0.15, 0.2) is 0 Å². The van der Waals surface area contributed by atoms with Gasteiger partial charge >= 0.3 is 0 Å². The summed E-state index contributed by atoms with van der Waals surface area (Å²) in [5.41, 5.74) is 0.556. The van der Waals surface area contributed by atoms with Gasteiger partial charge in [-0.15, -0.1) is 12.4 Å². The van der Waals surface area contributed by atoms with E-state index in [2.05, 4.69) is 5.32 Å². The molecule has 3 nitrogen and oxygen atoms in total. The zero-order valence-corrected chi connectivity index (χ0v) is 14.6. The first-order valence-electron chi connectivity index (χ1n) is 6.83. The van der Waals surface area contributed by atoms with Gasteiger partial charge in [0.25, 0.3) is 0 Å². The van der Waals surface area contributed by atoms with Gasteiger partial charge in [-0.05, 0) is 37.9 Å². The number of carbonyl (C=O) groups excluding carboxylic acids is 1. The number of benzene rings is 1. The summed E-state index contributed by atoms with van der Waals surface area (Å²) < 4.78 is 0. The molecule has 1 N–H and O–H groups in total. The van der Waals surface area contributed by atoms with Crippen molar-refractivity contribution >= 4 is 41.5 Å². The molecule has 0 bridgehead atoms. The highest BCUT2D eigenvalue weighted by Gasteiger charge is 2.36. The van der Waals surface area contributed by atoms with Gasteiger partial charge in [0.1, 0.15) is 0 Å². The monoisotopic (exact) mass is 350 g/mol. The predicted octanol–water partition coefficient (Wildman–Crippen LogP) is 3.76. The maximum absolute atomic E-state index is 12.6. The van der Waals surface area contributed by atoms with Gasteiger partial charge in [-0.2, -0.15) is 0 Å². The molecular formula is C15H21Cl3N2O. The third-order valence-electron chi connectivity index (χ3n) is 3.90. The van der Waals surface area contributed by atoms with Crippen LogP contribution in [-0.4, -0.2) is 30.9 Å². The molecule has 1 unspecified atom stereocenters. The fourth-order valence-corrected chi connectivity index (χ4v) is 3.08. The van der Waals surface area contributed by atoms with E-state index in [9.17, 15) is 4.79 Å². The number of amides is 1. The van der Waals surface area contributed by atoms with Crippen molar-refractivity contribution in [1.82, 2.24) is 10.2 Å². The average Bonchev–Trinajstić information content (AvgIpc) is 2.44. The normalized spacial score (nSPS) is 21.5. The van der Waals surface area contributed by atoms with E-state index in [-0.39, 0.29) is 23.7 Å². The maximum atomic E-state index is 12.6. The quantitative estimate of drug-likeness (QED) is 0.899. The highest BCUT2D eigenvalue weighted by molar-refractivity contribution is 6.42. The SMILES string of the molecule is CN(Cc1cccc(Cl)c1Cl)C(=O)C1(C)CCCNC1.Cl. The summed E-state index contributed by atoms with van der Waals surface area (Å²) in [4.78, 5) is 14.4. The lowest BCUT2D eigenvalue weighted by Crippen LogP contribution is -2.48. The first-order chi connectivity index (χ1) is 9.44. The number of hydrogen-bond donors (Lipinski definition) is 1. The minimum atomic E-state index is -0.321. The minimum absolute atomic E-state index is 0. The molecule has 0 aliphatic carbocycles. The van der Waals surface area contributed by atoms with Crippen LogP contribution in [0.4, 0.5) is 0 Å². The summed E-state index contributed by atoms with van der Waals surface area (Å²) in [6, 6.07) is 5.51. The van der Waals surface area contributed by atoms with E-state index in [0.717, 1.165) is 31.5 Å². The van der Waals surface area contributed by atoms with E-state index < -0.39 is 0 Å². The van der Waals surface area contributed by atoms with Crippen molar-refractivity contribution < 1.29 is 4.79 Å². The van der Waals surface area contributed by atoms with Crippen molar-refractivity contribution in [3.63, 3.8) is 0 Å². The van der Waals surface area contributed by atoms with Crippen LogP contribution < -0.4 is 5.32 Å². The van der Waals surface area contributed by atoms with Crippen LogP contribution in [0.15, 0.2) is 18.2 Å². The van der Waals surface area contributed by atoms with Crippen LogP contribution in [0, 0.1) is 5.41 Å². The molecule has 0 saturated carbocycles. The van der Waals surface area contributed by atoms with Gasteiger partial charge < -0.3 is 10.2 Å². The molecule has 1 aromatic carbocycles. The molecule has 2 rings (SSSR count). The van der Waals surface area contributed by atoms with Gasteiger partial charge in [-0.25, -0.2) is 0 Å². The molecule has 1 amide bonds. The van der Waals surface area contributed by atoms with E-state index >= 15 is 0 Å². The van der Waals surface area contributed by atoms with E-state index in [0.29, 0.717) is 16.6 Å². The Kier molecular flexibility index (Phi) is 6.79. The molecule has 1 heterocycles. The number of nitrogens with zero attached hydrogens (tertiary/aromatic N) is 1. The van der Waals surface area contributed by atoms with Gasteiger partial charge in [0.2, 0.25) is 5.91 Å². The van der Waals surface area contributed by atoms with Crippen LogP contribution in [0.25, 0.3) is 0 Å². The molecule has 6 heteroatoms. The molecule has 21 heavy (non-hydrogen) atoms. The van der Waals surface area contributed by atoms with Gasteiger partial charge in [0, 0.05) is 20.1 Å². The summed E-state index contributed by atoms with van der Waals surface area (Å²) in [6.07, 6.45) is 1.96. The second kappa shape index (κ2) is 7.68. The van der Waals surface area contributed by atoms with Crippen molar-refractivity contribution in [2.45, 2.75) is 26.3 Å². The first-order valence-corrected chi connectivity index (χ1v) is 7.59. The van der Waals surface area contributed by atoms with E-state index in [1.165, 1.54) is 0 Å². The van der Waals surface area contributed by atoms with Crippen molar-refractivity contribution in [1.29, 1.82) is 0 Å². The number of halogens is 3. The fourth-order valence-electron chi connectivity index (χ4n) is 2.70. The largest absolute Gasteiger partial charge is 0.341 e. The van der Waals surface area contributed by atoms with Gasteiger partial charge in [-0.3, -0.25) is 4.79 Å². The van der Waals surface area contributed by atoms with Gasteiger partial charge in [-0.1, -0.05) is 35.3 Å². The Morgan fingerprint density at radius 3 is 2.76 bits per heavy atom. The Hall–Kier alpha value is -0.480. The zero-order chi connectivity index (χ0) is 14.8. The molecular weight excluding hydrogens is 331 g/mol. The second-order valence-electron chi connectivity index (χ2n) is 5.72. The molecule has 0 aromatic heterocycles. The standard InChI is InChI=1S/C15H20Cl2N2O.ClH/c1-15(7-4-8-18-10-15)14(20)19(2)9-11-5-3-6-12(16)13(11)17;/h3,5-6,18H,4,7-10H2,1-2H3;1H. The number of carbonyl (C=O) groups is 1. The fraction of sp³-hybridized carbons (Fsp3) is 0.533. The Morgan fingerprint density at radius 1 is 1.43 bits per heavy atom. The zero-order valence-electron chi connectivity index (χ0n) is 12.3. The van der Waals surface area contributed by atoms with E-state index in [1.807, 2.05) is 26.1 Å². The minimum Gasteiger partial charge on any atom is -0.341 e. The van der Waals surface area contributed by atoms with Crippen molar-refractivity contribution in [3.8, 4) is 0 Å². The van der Waals surface area contributed by atoms with Crippen LogP contribution in [0.1, 0.15) is 25.3 Å². The molecule has 118 valence electrons. The van der Waals surface area contributed by atoms with E-state index in [1.54, 1.807) is 11.0 Å². The lowest BCUT2D eigenvalue weighted by Gasteiger charge is -2.36. The number of nitrogens with one attached hydrogen (secondary N) is 1. The van der Waals surface area contributed by atoms with Crippen LogP contribution >= 0.6 is 35.6 Å². The van der Waals surface area contributed by atoms with Crippen LogP contribution in [-0.2, 0) is 11.3 Å². The summed E-state index contributed by atoms with van der Waals surface area (Å²) in [5, 5.41) is 4.35. The second-order valence-corrected chi connectivity index (χ2v) is 6.50. The molecule has 1 fully saturated rings. The van der Waals surface area contributed by atoms with Crippen LogP contribution in [0.2, 0.25) is 10.0 Å². The molecule has 0 radical (unpaired) electrons. The van der Waals surface area contributed by atoms with Crippen molar-refractivity contribution in [2.24, 2.45) is 5.41 Å². The molecule has 1 aromatic rings. The Bertz CT molecular complexity index is 502. The summed E-state index contributed by atoms with van der Waals surface area (Å²) in [5.74, 6) is 0.153. The number of piperidine rings is 1. The van der Waals surface area contributed by atoms with E-state index in [4.69, 9.17) is 23.2 Å². The average molecular weight is 352 g/mol. The smallest absolute Gasteiger partial charge is 0.229 e. The Balaban J connectivity index is 0.00000220. The lowest BCUT2D eigenvalue weighted by atomic mass is 9.81.